The Morgan fingerprint density at radius 1 is 0.391 bits per heavy atom. The Labute approximate surface area is 274 Å². The number of anilines is 6. The third-order valence-corrected chi connectivity index (χ3v) is 11.2. The predicted octanol–water partition coefficient (Wildman–Crippen LogP) is 10.6. The molecule has 230 valence electrons. The molecule has 0 aromatic heterocycles. The van der Waals surface area contributed by atoms with E-state index in [1.165, 1.54) is 11.1 Å². The maximum absolute atomic E-state index is 6.15. The Bertz CT molecular complexity index is 1750. The highest BCUT2D eigenvalue weighted by atomic mass is 28.4. The van der Waals surface area contributed by atoms with Gasteiger partial charge >= 0.3 is 8.56 Å². The van der Waals surface area contributed by atoms with Gasteiger partial charge in [0.1, 0.15) is 0 Å². The zero-order valence-corrected chi connectivity index (χ0v) is 27.7. The third kappa shape index (κ3) is 6.82. The average Bonchev–Trinajstić information content (AvgIpc) is 3.11. The molecule has 0 heterocycles. The highest BCUT2D eigenvalue weighted by molar-refractivity contribution is 6.80. The van der Waals surface area contributed by atoms with Crippen LogP contribution in [0.4, 0.5) is 34.1 Å². The molecule has 6 aromatic carbocycles. The minimum atomic E-state index is -2.46. The van der Waals surface area contributed by atoms with E-state index in [9.17, 15) is 0 Å². The molecule has 5 heteroatoms. The van der Waals surface area contributed by atoms with Crippen molar-refractivity contribution in [2.24, 2.45) is 0 Å². The van der Waals surface area contributed by atoms with Crippen molar-refractivity contribution in [3.63, 3.8) is 0 Å². The third-order valence-electron chi connectivity index (χ3n) is 8.12. The van der Waals surface area contributed by atoms with Gasteiger partial charge in [0, 0.05) is 47.3 Å². The maximum atomic E-state index is 6.15. The second kappa shape index (κ2) is 14.4. The first-order valence-electron chi connectivity index (χ1n) is 15.9. The lowest BCUT2D eigenvalue weighted by Crippen LogP contribution is -2.51. The largest absolute Gasteiger partial charge is 0.391 e. The van der Waals surface area contributed by atoms with E-state index < -0.39 is 8.56 Å². The van der Waals surface area contributed by atoms with Gasteiger partial charge in [0.05, 0.1) is 0 Å². The van der Waals surface area contributed by atoms with E-state index in [2.05, 4.69) is 180 Å². The molecule has 46 heavy (non-hydrogen) atoms. The van der Waals surface area contributed by atoms with Crippen molar-refractivity contribution in [1.82, 2.24) is 0 Å². The van der Waals surface area contributed by atoms with Gasteiger partial charge in [0.15, 0.2) is 0 Å². The van der Waals surface area contributed by atoms with Crippen molar-refractivity contribution in [3.05, 3.63) is 164 Å². The van der Waals surface area contributed by atoms with Gasteiger partial charge in [-0.1, -0.05) is 91.0 Å². The molecular formula is C41H40N2O2Si. The van der Waals surface area contributed by atoms with Crippen LogP contribution in [0, 0.1) is 0 Å². The molecule has 6 rings (SSSR count). The topological polar surface area (TPSA) is 24.9 Å². The van der Waals surface area contributed by atoms with Crippen LogP contribution in [0.15, 0.2) is 164 Å². The van der Waals surface area contributed by atoms with Crippen LogP contribution in [0.2, 0.25) is 6.55 Å². The quantitative estimate of drug-likeness (QED) is 0.127. The molecular weight excluding hydrogens is 581 g/mol. The van der Waals surface area contributed by atoms with Crippen molar-refractivity contribution >= 4 is 47.9 Å². The molecule has 0 unspecified atom stereocenters. The first kappa shape index (κ1) is 31.1. The molecule has 4 nitrogen and oxygen atoms in total. The van der Waals surface area contributed by atoms with Gasteiger partial charge < -0.3 is 18.7 Å². The van der Waals surface area contributed by atoms with E-state index in [1.807, 2.05) is 13.8 Å². The van der Waals surface area contributed by atoms with Crippen LogP contribution < -0.4 is 15.0 Å². The Hall–Kier alpha value is -4.94. The normalized spacial score (nSPS) is 11.3. The van der Waals surface area contributed by atoms with Gasteiger partial charge in [-0.15, -0.1) is 0 Å². The zero-order valence-electron chi connectivity index (χ0n) is 26.7. The van der Waals surface area contributed by atoms with Gasteiger partial charge in [-0.25, -0.2) is 0 Å². The summed E-state index contributed by atoms with van der Waals surface area (Å²) in [4.78, 5) is 4.57. The number of hydrogen-bond acceptors (Lipinski definition) is 4. The first-order valence-corrected chi connectivity index (χ1v) is 18.3. The molecule has 6 aromatic rings. The van der Waals surface area contributed by atoms with Gasteiger partial charge in [-0.05, 0) is 110 Å². The Morgan fingerprint density at radius 2 is 0.674 bits per heavy atom. The smallest absolute Gasteiger partial charge is 0.369 e. The lowest BCUT2D eigenvalue weighted by atomic mass is 10.0. The second-order valence-corrected chi connectivity index (χ2v) is 14.2. The van der Waals surface area contributed by atoms with E-state index in [0.717, 1.165) is 39.3 Å². The van der Waals surface area contributed by atoms with Crippen LogP contribution in [0.1, 0.15) is 13.8 Å². The number of benzene rings is 6. The van der Waals surface area contributed by atoms with Crippen LogP contribution in [0.25, 0.3) is 11.1 Å². The van der Waals surface area contributed by atoms with Gasteiger partial charge in [-0.2, -0.15) is 0 Å². The summed E-state index contributed by atoms with van der Waals surface area (Å²) in [7, 11) is -2.46. The van der Waals surface area contributed by atoms with Crippen molar-refractivity contribution in [2.75, 3.05) is 23.0 Å². The summed E-state index contributed by atoms with van der Waals surface area (Å²) < 4.78 is 12.3. The summed E-state index contributed by atoms with van der Waals surface area (Å²) in [6.07, 6.45) is 0. The Kier molecular flexibility index (Phi) is 9.75. The van der Waals surface area contributed by atoms with E-state index in [-0.39, 0.29) is 0 Å². The lowest BCUT2D eigenvalue weighted by Gasteiger charge is -2.28. The number of nitrogens with zero attached hydrogens (tertiary/aromatic N) is 2. The molecule has 0 fully saturated rings. The minimum Gasteiger partial charge on any atom is -0.391 e. The molecule has 0 spiro atoms. The standard InChI is InChI=1S/C41H40N2O2Si/c1-4-44-46(3,45-5-2)41-31-29-40(30-32-41)43(37-19-13-8-14-20-37)39-27-23-34(24-28-39)33-21-25-38(26-22-33)42(35-15-9-6-10-16-35)36-17-11-7-12-18-36/h6-32H,4-5H2,1-3H3. The van der Waals surface area contributed by atoms with Crippen LogP contribution in [-0.2, 0) is 8.85 Å². The van der Waals surface area contributed by atoms with E-state index >= 15 is 0 Å². The minimum absolute atomic E-state index is 0.633. The molecule has 0 aliphatic heterocycles. The summed E-state index contributed by atoms with van der Waals surface area (Å²) in [5.74, 6) is 0. The molecule has 0 N–H and O–H groups in total. The average molecular weight is 621 g/mol. The molecule has 0 bridgehead atoms. The van der Waals surface area contributed by atoms with Crippen LogP contribution >= 0.6 is 0 Å². The zero-order chi connectivity index (χ0) is 31.8. The molecule has 0 radical (unpaired) electrons. The SMILES string of the molecule is CCO[Si](C)(OCC)c1ccc(N(c2ccccc2)c2ccc(-c3ccc(N(c4ccccc4)c4ccccc4)cc3)cc2)cc1. The fraction of sp³-hybridized carbons (Fsp3) is 0.122. The highest BCUT2D eigenvalue weighted by Crippen LogP contribution is 2.37. The number of hydrogen-bond donors (Lipinski definition) is 0. The Balaban J connectivity index is 1.29. The van der Waals surface area contributed by atoms with E-state index in [4.69, 9.17) is 8.85 Å². The van der Waals surface area contributed by atoms with Crippen molar-refractivity contribution in [1.29, 1.82) is 0 Å². The van der Waals surface area contributed by atoms with Crippen LogP contribution in [0.5, 0.6) is 0 Å². The summed E-state index contributed by atoms with van der Waals surface area (Å²) in [6.45, 7) is 7.44. The number of rotatable bonds is 12. The first-order chi connectivity index (χ1) is 22.6. The van der Waals surface area contributed by atoms with E-state index in [0.29, 0.717) is 13.2 Å². The summed E-state index contributed by atoms with van der Waals surface area (Å²) in [5.41, 5.74) is 8.98. The Morgan fingerprint density at radius 3 is 0.978 bits per heavy atom. The summed E-state index contributed by atoms with van der Waals surface area (Å²) in [6, 6.07) is 57.7. The molecule has 0 aliphatic carbocycles. The van der Waals surface area contributed by atoms with E-state index in [1.54, 1.807) is 0 Å². The molecule has 0 saturated carbocycles. The fourth-order valence-electron chi connectivity index (χ4n) is 5.90. The molecule has 0 amide bonds. The molecule has 0 saturated heterocycles. The van der Waals surface area contributed by atoms with Gasteiger partial charge in [0.25, 0.3) is 0 Å². The fourth-order valence-corrected chi connectivity index (χ4v) is 8.19. The van der Waals surface area contributed by atoms with Crippen LogP contribution in [-0.4, -0.2) is 21.8 Å². The highest BCUT2D eigenvalue weighted by Gasteiger charge is 2.33. The van der Waals surface area contributed by atoms with Gasteiger partial charge in [-0.3, -0.25) is 0 Å². The van der Waals surface area contributed by atoms with Crippen molar-refractivity contribution in [2.45, 2.75) is 20.4 Å². The monoisotopic (exact) mass is 620 g/mol. The summed E-state index contributed by atoms with van der Waals surface area (Å²) in [5, 5.41) is 1.13. The van der Waals surface area contributed by atoms with Crippen molar-refractivity contribution in [3.8, 4) is 11.1 Å². The molecule has 0 atom stereocenters. The lowest BCUT2D eigenvalue weighted by molar-refractivity contribution is 0.202. The predicted molar refractivity (Wildman–Crippen MR) is 196 cm³/mol. The number of para-hydroxylation sites is 3. The van der Waals surface area contributed by atoms with Gasteiger partial charge in [0.2, 0.25) is 0 Å². The summed E-state index contributed by atoms with van der Waals surface area (Å²) >= 11 is 0. The van der Waals surface area contributed by atoms with Crippen molar-refractivity contribution < 1.29 is 8.85 Å². The maximum Gasteiger partial charge on any atom is 0.369 e. The van der Waals surface area contributed by atoms with Crippen LogP contribution in [0.3, 0.4) is 0 Å². The molecule has 0 aliphatic rings. The second-order valence-electron chi connectivity index (χ2n) is 11.1.